The SMILES string of the molecule is CC1CC(O)(c2ccc(C(C)C)cc2)CS1. The van der Waals surface area contributed by atoms with Crippen molar-refractivity contribution in [1.29, 1.82) is 0 Å². The molecule has 0 radical (unpaired) electrons. The largest absolute Gasteiger partial charge is 0.384 e. The van der Waals surface area contributed by atoms with Crippen LogP contribution in [0.15, 0.2) is 24.3 Å². The van der Waals surface area contributed by atoms with Gasteiger partial charge in [0, 0.05) is 11.0 Å². The maximum Gasteiger partial charge on any atom is 0.0997 e. The molecule has 2 heteroatoms. The van der Waals surface area contributed by atoms with E-state index >= 15 is 0 Å². The Labute approximate surface area is 102 Å². The van der Waals surface area contributed by atoms with Crippen molar-refractivity contribution < 1.29 is 5.11 Å². The third kappa shape index (κ3) is 2.28. The summed E-state index contributed by atoms with van der Waals surface area (Å²) < 4.78 is 0. The highest BCUT2D eigenvalue weighted by molar-refractivity contribution is 8.00. The van der Waals surface area contributed by atoms with Crippen LogP contribution < -0.4 is 0 Å². The van der Waals surface area contributed by atoms with Gasteiger partial charge in [-0.15, -0.1) is 0 Å². The van der Waals surface area contributed by atoms with Crippen molar-refractivity contribution in [2.45, 2.75) is 44.0 Å². The lowest BCUT2D eigenvalue weighted by molar-refractivity contribution is 0.0612. The molecule has 1 heterocycles. The molecule has 1 fully saturated rings. The standard InChI is InChI=1S/C14H20OS/c1-10(2)12-4-6-13(7-5-12)14(15)8-11(3)16-9-14/h4-7,10-11,15H,8-9H2,1-3H3. The predicted molar refractivity (Wildman–Crippen MR) is 71.0 cm³/mol. The van der Waals surface area contributed by atoms with Gasteiger partial charge in [-0.05, 0) is 23.5 Å². The lowest BCUT2D eigenvalue weighted by Crippen LogP contribution is -2.25. The van der Waals surface area contributed by atoms with Gasteiger partial charge >= 0.3 is 0 Å². The number of hydrogen-bond acceptors (Lipinski definition) is 2. The van der Waals surface area contributed by atoms with E-state index in [-0.39, 0.29) is 0 Å². The molecule has 2 rings (SSSR count). The van der Waals surface area contributed by atoms with E-state index in [0.717, 1.165) is 17.7 Å². The van der Waals surface area contributed by atoms with Crippen LogP contribution in [0.2, 0.25) is 0 Å². The Bertz CT molecular complexity index is 358. The van der Waals surface area contributed by atoms with Gasteiger partial charge in [0.15, 0.2) is 0 Å². The summed E-state index contributed by atoms with van der Waals surface area (Å²) >= 11 is 1.86. The molecule has 88 valence electrons. The molecule has 1 nitrogen and oxygen atoms in total. The Hall–Kier alpha value is -0.470. The van der Waals surface area contributed by atoms with Crippen molar-refractivity contribution in [3.05, 3.63) is 35.4 Å². The Kier molecular flexibility index (Phi) is 3.32. The van der Waals surface area contributed by atoms with Crippen LogP contribution in [0.1, 0.15) is 44.2 Å². The van der Waals surface area contributed by atoms with Gasteiger partial charge < -0.3 is 5.11 Å². The smallest absolute Gasteiger partial charge is 0.0997 e. The van der Waals surface area contributed by atoms with Gasteiger partial charge in [0.2, 0.25) is 0 Å². The summed E-state index contributed by atoms with van der Waals surface area (Å²) in [4.78, 5) is 0. The second kappa shape index (κ2) is 4.42. The van der Waals surface area contributed by atoms with Crippen molar-refractivity contribution in [1.82, 2.24) is 0 Å². The fourth-order valence-electron chi connectivity index (χ4n) is 2.25. The topological polar surface area (TPSA) is 20.2 Å². The minimum Gasteiger partial charge on any atom is -0.384 e. The molecule has 0 bridgehead atoms. The average molecular weight is 236 g/mol. The van der Waals surface area contributed by atoms with E-state index in [0.29, 0.717) is 11.2 Å². The number of thioether (sulfide) groups is 1. The van der Waals surface area contributed by atoms with E-state index in [2.05, 4.69) is 45.0 Å². The van der Waals surface area contributed by atoms with E-state index in [9.17, 15) is 5.11 Å². The second-order valence-electron chi connectivity index (χ2n) is 5.13. The molecule has 1 aliphatic heterocycles. The van der Waals surface area contributed by atoms with Crippen LogP contribution in [0.5, 0.6) is 0 Å². The molecule has 1 aromatic carbocycles. The third-order valence-corrected chi connectivity index (χ3v) is 4.73. The molecule has 0 spiro atoms. The van der Waals surface area contributed by atoms with Crippen LogP contribution in [0.3, 0.4) is 0 Å². The minimum absolute atomic E-state index is 0.556. The van der Waals surface area contributed by atoms with Crippen LogP contribution in [-0.4, -0.2) is 16.1 Å². The summed E-state index contributed by atoms with van der Waals surface area (Å²) in [5.41, 5.74) is 1.82. The molecule has 1 saturated heterocycles. The van der Waals surface area contributed by atoms with Gasteiger partial charge in [0.1, 0.15) is 0 Å². The number of aliphatic hydroxyl groups is 1. The molecule has 1 aliphatic rings. The second-order valence-corrected chi connectivity index (χ2v) is 6.56. The van der Waals surface area contributed by atoms with Gasteiger partial charge in [-0.25, -0.2) is 0 Å². The highest BCUT2D eigenvalue weighted by atomic mass is 32.2. The predicted octanol–water partition coefficient (Wildman–Crippen LogP) is 3.52. The molecule has 2 atom stereocenters. The quantitative estimate of drug-likeness (QED) is 0.848. The van der Waals surface area contributed by atoms with Crippen molar-refractivity contribution in [2.75, 3.05) is 5.75 Å². The van der Waals surface area contributed by atoms with Gasteiger partial charge in [0.25, 0.3) is 0 Å². The van der Waals surface area contributed by atoms with Crippen LogP contribution in [0.4, 0.5) is 0 Å². The molecule has 0 amide bonds. The van der Waals surface area contributed by atoms with Gasteiger partial charge in [-0.3, -0.25) is 0 Å². The number of hydrogen-bond donors (Lipinski definition) is 1. The van der Waals surface area contributed by atoms with E-state index in [1.807, 2.05) is 11.8 Å². The zero-order valence-electron chi connectivity index (χ0n) is 10.2. The summed E-state index contributed by atoms with van der Waals surface area (Å²) in [5, 5.41) is 11.1. The Morgan fingerprint density at radius 1 is 1.31 bits per heavy atom. The van der Waals surface area contributed by atoms with Crippen molar-refractivity contribution in [2.24, 2.45) is 0 Å². The maximum absolute atomic E-state index is 10.5. The fourth-order valence-corrected chi connectivity index (χ4v) is 3.49. The summed E-state index contributed by atoms with van der Waals surface area (Å²) in [6, 6.07) is 8.47. The highest BCUT2D eigenvalue weighted by Crippen LogP contribution is 2.41. The Morgan fingerprint density at radius 3 is 2.38 bits per heavy atom. The van der Waals surface area contributed by atoms with Crippen molar-refractivity contribution in [3.63, 3.8) is 0 Å². The lowest BCUT2D eigenvalue weighted by Gasteiger charge is -2.22. The van der Waals surface area contributed by atoms with Crippen LogP contribution in [0.25, 0.3) is 0 Å². The molecular weight excluding hydrogens is 216 g/mol. The Balaban J connectivity index is 2.21. The fraction of sp³-hybridized carbons (Fsp3) is 0.571. The van der Waals surface area contributed by atoms with Gasteiger partial charge in [-0.2, -0.15) is 11.8 Å². The molecule has 1 aromatic rings. The lowest BCUT2D eigenvalue weighted by atomic mass is 9.90. The summed E-state index contributed by atoms with van der Waals surface area (Å²) in [6.45, 7) is 6.57. The molecule has 0 aromatic heterocycles. The zero-order valence-corrected chi connectivity index (χ0v) is 11.1. The first-order valence-electron chi connectivity index (χ1n) is 5.96. The summed E-state index contributed by atoms with van der Waals surface area (Å²) in [6.07, 6.45) is 0.874. The van der Waals surface area contributed by atoms with E-state index in [1.54, 1.807) is 0 Å². The third-order valence-electron chi connectivity index (χ3n) is 3.35. The highest BCUT2D eigenvalue weighted by Gasteiger charge is 2.37. The van der Waals surface area contributed by atoms with E-state index in [4.69, 9.17) is 0 Å². The zero-order chi connectivity index (χ0) is 11.8. The minimum atomic E-state index is -0.598. The Morgan fingerprint density at radius 2 is 1.94 bits per heavy atom. The summed E-state index contributed by atoms with van der Waals surface area (Å²) in [5.74, 6) is 1.38. The van der Waals surface area contributed by atoms with Crippen LogP contribution in [0, 0.1) is 0 Å². The molecular formula is C14H20OS. The van der Waals surface area contributed by atoms with Gasteiger partial charge in [-0.1, -0.05) is 45.0 Å². The van der Waals surface area contributed by atoms with Crippen LogP contribution >= 0.6 is 11.8 Å². The molecule has 2 unspecified atom stereocenters. The first kappa shape index (κ1) is 12.0. The first-order valence-corrected chi connectivity index (χ1v) is 7.00. The summed E-state index contributed by atoms with van der Waals surface area (Å²) in [7, 11) is 0. The van der Waals surface area contributed by atoms with Crippen LogP contribution in [-0.2, 0) is 5.60 Å². The number of rotatable bonds is 2. The normalized spacial score (nSPS) is 29.9. The van der Waals surface area contributed by atoms with Gasteiger partial charge in [0.05, 0.1) is 5.60 Å². The number of benzene rings is 1. The molecule has 0 aliphatic carbocycles. The van der Waals surface area contributed by atoms with E-state index in [1.165, 1.54) is 5.56 Å². The molecule has 0 saturated carbocycles. The average Bonchev–Trinajstić information content (AvgIpc) is 2.60. The molecule has 16 heavy (non-hydrogen) atoms. The van der Waals surface area contributed by atoms with Crippen molar-refractivity contribution in [3.8, 4) is 0 Å². The maximum atomic E-state index is 10.5. The monoisotopic (exact) mass is 236 g/mol. The first-order chi connectivity index (χ1) is 7.51. The van der Waals surface area contributed by atoms with E-state index < -0.39 is 5.60 Å². The molecule has 1 N–H and O–H groups in total. The van der Waals surface area contributed by atoms with Crippen molar-refractivity contribution >= 4 is 11.8 Å².